The van der Waals surface area contributed by atoms with E-state index in [1.165, 1.54) is 43.2 Å². The van der Waals surface area contributed by atoms with Crippen molar-refractivity contribution in [3.8, 4) is 0 Å². The van der Waals surface area contributed by atoms with Crippen LogP contribution in [-0.4, -0.2) is 42.5 Å². The van der Waals surface area contributed by atoms with E-state index in [-0.39, 0.29) is 5.91 Å². The first kappa shape index (κ1) is 20.1. The number of fused-ring (bicyclic) bond motifs is 2. The van der Waals surface area contributed by atoms with Crippen molar-refractivity contribution in [2.75, 3.05) is 19.6 Å². The molecular formula is C25H33N3O. The van der Waals surface area contributed by atoms with E-state index < -0.39 is 0 Å². The minimum atomic E-state index is -0.328. The zero-order chi connectivity index (χ0) is 20.1. The number of aryl methyl sites for hydroxylation is 1. The zero-order valence-electron chi connectivity index (χ0n) is 17.2. The summed E-state index contributed by atoms with van der Waals surface area (Å²) in [6, 6.07) is 20.1. The van der Waals surface area contributed by atoms with Crippen LogP contribution >= 0.6 is 0 Å². The van der Waals surface area contributed by atoms with Gasteiger partial charge in [-0.3, -0.25) is 9.69 Å². The molecule has 2 aliphatic heterocycles. The van der Waals surface area contributed by atoms with Gasteiger partial charge in [0.15, 0.2) is 0 Å². The Morgan fingerprint density at radius 3 is 2.48 bits per heavy atom. The lowest BCUT2D eigenvalue weighted by Crippen LogP contribution is -2.45. The molecule has 0 spiro atoms. The Morgan fingerprint density at radius 2 is 1.76 bits per heavy atom. The van der Waals surface area contributed by atoms with E-state index in [9.17, 15) is 4.79 Å². The van der Waals surface area contributed by atoms with Crippen LogP contribution in [0, 0.1) is 0 Å². The number of hydrogen-bond acceptors (Lipinski definition) is 3. The standard InChI is InChI=1S/C25H33N3O/c26-25(29)21-10-4-9-20(16-21)22-17-23-11-12-24(18-22)28(23)15-14-27-13-5-8-19-6-2-1-3-7-19/h1-4,6-7,9-10,16,22-24,27H,5,8,11-15,17-18H2,(H2,26,29)/t22?,23-,24+. The highest BCUT2D eigenvalue weighted by atomic mass is 16.1. The van der Waals surface area contributed by atoms with E-state index in [0.717, 1.165) is 26.1 Å². The molecule has 2 heterocycles. The summed E-state index contributed by atoms with van der Waals surface area (Å²) in [5.41, 5.74) is 8.82. The highest BCUT2D eigenvalue weighted by Crippen LogP contribution is 2.42. The summed E-state index contributed by atoms with van der Waals surface area (Å²) in [5.74, 6) is 0.229. The second kappa shape index (κ2) is 9.55. The van der Waals surface area contributed by atoms with Gasteiger partial charge in [0.1, 0.15) is 0 Å². The normalized spacial score (nSPS) is 23.9. The molecule has 1 amide bonds. The molecule has 2 aliphatic rings. The fraction of sp³-hybridized carbons (Fsp3) is 0.480. The van der Waals surface area contributed by atoms with Crippen LogP contribution in [0.25, 0.3) is 0 Å². The summed E-state index contributed by atoms with van der Waals surface area (Å²) in [6.45, 7) is 3.30. The lowest BCUT2D eigenvalue weighted by molar-refractivity contribution is 0.1000. The summed E-state index contributed by atoms with van der Waals surface area (Å²) >= 11 is 0. The average Bonchev–Trinajstić information content (AvgIpc) is 2.98. The number of carbonyl (C=O) groups excluding carboxylic acids is 1. The summed E-state index contributed by atoms with van der Waals surface area (Å²) in [6.07, 6.45) is 7.36. The number of primary amides is 1. The summed E-state index contributed by atoms with van der Waals surface area (Å²) in [7, 11) is 0. The maximum absolute atomic E-state index is 11.5. The van der Waals surface area contributed by atoms with Gasteiger partial charge in [-0.1, -0.05) is 42.5 Å². The second-order valence-electron chi connectivity index (χ2n) is 8.62. The van der Waals surface area contributed by atoms with Gasteiger partial charge < -0.3 is 11.1 Å². The van der Waals surface area contributed by atoms with E-state index >= 15 is 0 Å². The Kier molecular flexibility index (Phi) is 6.63. The molecule has 2 bridgehead atoms. The summed E-state index contributed by atoms with van der Waals surface area (Å²) < 4.78 is 0. The van der Waals surface area contributed by atoms with Crippen molar-refractivity contribution in [1.82, 2.24) is 10.2 Å². The molecule has 154 valence electrons. The van der Waals surface area contributed by atoms with Gasteiger partial charge in [-0.25, -0.2) is 0 Å². The molecule has 2 aromatic rings. The van der Waals surface area contributed by atoms with Crippen molar-refractivity contribution in [3.63, 3.8) is 0 Å². The van der Waals surface area contributed by atoms with Gasteiger partial charge in [0.25, 0.3) is 0 Å². The Balaban J connectivity index is 1.21. The maximum Gasteiger partial charge on any atom is 0.248 e. The molecule has 29 heavy (non-hydrogen) atoms. The average molecular weight is 392 g/mol. The third kappa shape index (κ3) is 5.06. The number of hydrogen-bond donors (Lipinski definition) is 2. The molecule has 3 N–H and O–H groups in total. The Hall–Kier alpha value is -2.17. The van der Waals surface area contributed by atoms with Crippen LogP contribution in [0.5, 0.6) is 0 Å². The molecule has 0 aromatic heterocycles. The molecule has 4 heteroatoms. The Labute approximate surface area is 174 Å². The van der Waals surface area contributed by atoms with Crippen molar-refractivity contribution in [3.05, 3.63) is 71.3 Å². The number of amides is 1. The predicted octanol–water partition coefficient (Wildman–Crippen LogP) is 3.72. The fourth-order valence-electron chi connectivity index (χ4n) is 5.25. The number of benzene rings is 2. The van der Waals surface area contributed by atoms with E-state index in [1.807, 2.05) is 18.2 Å². The van der Waals surface area contributed by atoms with Crippen molar-refractivity contribution in [2.45, 2.75) is 56.5 Å². The van der Waals surface area contributed by atoms with E-state index in [4.69, 9.17) is 5.73 Å². The van der Waals surface area contributed by atoms with Gasteiger partial charge in [-0.05, 0) is 74.2 Å². The van der Waals surface area contributed by atoms with Crippen LogP contribution in [0.1, 0.15) is 59.5 Å². The quantitative estimate of drug-likeness (QED) is 0.641. The third-order valence-corrected chi connectivity index (χ3v) is 6.74. The summed E-state index contributed by atoms with van der Waals surface area (Å²) in [4.78, 5) is 14.2. The third-order valence-electron chi connectivity index (χ3n) is 6.74. The van der Waals surface area contributed by atoms with Crippen molar-refractivity contribution in [1.29, 1.82) is 0 Å². The second-order valence-corrected chi connectivity index (χ2v) is 8.62. The minimum absolute atomic E-state index is 0.328. The van der Waals surface area contributed by atoms with Crippen molar-refractivity contribution < 1.29 is 4.79 Å². The van der Waals surface area contributed by atoms with Crippen LogP contribution in [0.3, 0.4) is 0 Å². The highest BCUT2D eigenvalue weighted by molar-refractivity contribution is 5.92. The van der Waals surface area contributed by atoms with Crippen LogP contribution in [0.15, 0.2) is 54.6 Å². The van der Waals surface area contributed by atoms with Gasteiger partial charge in [-0.15, -0.1) is 0 Å². The molecule has 2 saturated heterocycles. The van der Waals surface area contributed by atoms with Crippen LogP contribution in [0.2, 0.25) is 0 Å². The van der Waals surface area contributed by atoms with E-state index in [0.29, 0.717) is 23.6 Å². The highest BCUT2D eigenvalue weighted by Gasteiger charge is 2.40. The maximum atomic E-state index is 11.5. The van der Waals surface area contributed by atoms with E-state index in [2.05, 4.69) is 46.6 Å². The number of nitrogens with one attached hydrogen (secondary N) is 1. The molecule has 1 unspecified atom stereocenters. The topological polar surface area (TPSA) is 58.4 Å². The molecule has 0 radical (unpaired) electrons. The predicted molar refractivity (Wildman–Crippen MR) is 118 cm³/mol. The first-order chi connectivity index (χ1) is 14.2. The SMILES string of the molecule is NC(=O)c1cccc(C2C[C@H]3CC[C@@H](C2)N3CCNCCCc2ccccc2)c1. The van der Waals surface area contributed by atoms with Crippen molar-refractivity contribution in [2.24, 2.45) is 5.73 Å². The molecule has 4 nitrogen and oxygen atoms in total. The number of nitrogens with zero attached hydrogens (tertiary/aromatic N) is 1. The lowest BCUT2D eigenvalue weighted by Gasteiger charge is -2.39. The van der Waals surface area contributed by atoms with Gasteiger partial charge in [0.2, 0.25) is 5.91 Å². The Morgan fingerprint density at radius 1 is 1.00 bits per heavy atom. The first-order valence-corrected chi connectivity index (χ1v) is 11.1. The fourth-order valence-corrected chi connectivity index (χ4v) is 5.25. The van der Waals surface area contributed by atoms with Crippen LogP contribution in [-0.2, 0) is 6.42 Å². The number of rotatable bonds is 9. The zero-order valence-corrected chi connectivity index (χ0v) is 17.2. The van der Waals surface area contributed by atoms with Crippen molar-refractivity contribution >= 4 is 5.91 Å². The molecule has 0 saturated carbocycles. The number of nitrogens with two attached hydrogens (primary N) is 1. The summed E-state index contributed by atoms with van der Waals surface area (Å²) in [5, 5.41) is 3.64. The first-order valence-electron chi connectivity index (χ1n) is 11.1. The van der Waals surface area contributed by atoms with Crippen LogP contribution < -0.4 is 11.1 Å². The monoisotopic (exact) mass is 391 g/mol. The van der Waals surface area contributed by atoms with E-state index in [1.54, 1.807) is 0 Å². The molecule has 2 aromatic carbocycles. The van der Waals surface area contributed by atoms with Gasteiger partial charge in [0.05, 0.1) is 0 Å². The Bertz CT molecular complexity index is 793. The molecular weight excluding hydrogens is 358 g/mol. The number of carbonyl (C=O) groups is 1. The molecule has 4 rings (SSSR count). The van der Waals surface area contributed by atoms with Gasteiger partial charge >= 0.3 is 0 Å². The minimum Gasteiger partial charge on any atom is -0.366 e. The molecule has 0 aliphatic carbocycles. The van der Waals surface area contributed by atoms with Crippen LogP contribution in [0.4, 0.5) is 0 Å². The number of piperidine rings is 1. The van der Waals surface area contributed by atoms with Gasteiger partial charge in [0, 0.05) is 30.7 Å². The molecule has 3 atom stereocenters. The molecule has 2 fully saturated rings. The smallest absolute Gasteiger partial charge is 0.248 e. The van der Waals surface area contributed by atoms with Gasteiger partial charge in [-0.2, -0.15) is 0 Å². The lowest BCUT2D eigenvalue weighted by atomic mass is 9.84. The largest absolute Gasteiger partial charge is 0.366 e.